The van der Waals surface area contributed by atoms with E-state index in [1.165, 1.54) is 5.56 Å². The summed E-state index contributed by atoms with van der Waals surface area (Å²) in [6, 6.07) is 10.2. The lowest BCUT2D eigenvalue weighted by Crippen LogP contribution is -2.33. The molecule has 1 aromatic heterocycles. The van der Waals surface area contributed by atoms with Gasteiger partial charge in [-0.05, 0) is 18.4 Å². The first-order chi connectivity index (χ1) is 11.7. The summed E-state index contributed by atoms with van der Waals surface area (Å²) < 4.78 is 0. The first kappa shape index (κ1) is 17.9. The van der Waals surface area contributed by atoms with Gasteiger partial charge in [0.25, 0.3) is 5.91 Å². The highest BCUT2D eigenvalue weighted by molar-refractivity contribution is 5.92. The van der Waals surface area contributed by atoms with Crippen molar-refractivity contribution >= 4 is 11.7 Å². The predicted molar refractivity (Wildman–Crippen MR) is 97.1 cm³/mol. The van der Waals surface area contributed by atoms with E-state index < -0.39 is 0 Å². The molecule has 24 heavy (non-hydrogen) atoms. The van der Waals surface area contributed by atoms with Crippen LogP contribution in [0.4, 0.5) is 5.82 Å². The molecule has 0 unspecified atom stereocenters. The maximum atomic E-state index is 12.5. The van der Waals surface area contributed by atoms with Crippen molar-refractivity contribution < 1.29 is 4.79 Å². The van der Waals surface area contributed by atoms with Crippen molar-refractivity contribution in [2.24, 2.45) is 0 Å². The zero-order valence-corrected chi connectivity index (χ0v) is 14.8. The third-order valence-electron chi connectivity index (χ3n) is 3.79. The molecule has 0 aliphatic rings. The molecule has 0 atom stereocenters. The van der Waals surface area contributed by atoms with Crippen molar-refractivity contribution in [3.05, 3.63) is 54.0 Å². The molecule has 0 spiro atoms. The molecule has 2 aromatic rings. The Morgan fingerprint density at radius 3 is 2.21 bits per heavy atom. The first-order valence-corrected chi connectivity index (χ1v) is 8.52. The Morgan fingerprint density at radius 2 is 1.67 bits per heavy atom. The van der Waals surface area contributed by atoms with Gasteiger partial charge in [0.15, 0.2) is 0 Å². The molecule has 0 bridgehead atoms. The molecule has 1 heterocycles. The van der Waals surface area contributed by atoms with E-state index in [4.69, 9.17) is 0 Å². The number of hydrogen-bond acceptors (Lipinski definition) is 4. The maximum Gasteiger partial charge on any atom is 0.274 e. The molecule has 0 radical (unpaired) electrons. The Bertz CT molecular complexity index is 622. The first-order valence-electron chi connectivity index (χ1n) is 8.52. The number of hydrogen-bond donors (Lipinski definition) is 0. The van der Waals surface area contributed by atoms with Gasteiger partial charge in [-0.15, -0.1) is 0 Å². The number of carbonyl (C=O) groups is 1. The van der Waals surface area contributed by atoms with Crippen LogP contribution in [0, 0.1) is 0 Å². The van der Waals surface area contributed by atoms with E-state index in [0.29, 0.717) is 5.69 Å². The van der Waals surface area contributed by atoms with Crippen molar-refractivity contribution in [1.82, 2.24) is 14.9 Å². The second-order valence-corrected chi connectivity index (χ2v) is 5.89. The fraction of sp³-hybridized carbons (Fsp3) is 0.421. The average Bonchev–Trinajstić information content (AvgIpc) is 2.62. The lowest BCUT2D eigenvalue weighted by molar-refractivity contribution is 0.0749. The van der Waals surface area contributed by atoms with E-state index in [1.807, 2.05) is 35.0 Å². The number of rotatable bonds is 8. The molecular formula is C19H26N4O. The summed E-state index contributed by atoms with van der Waals surface area (Å²) in [5.74, 6) is 0.719. The van der Waals surface area contributed by atoms with E-state index >= 15 is 0 Å². The molecule has 5 heteroatoms. The number of carbonyl (C=O) groups excluding carboxylic acids is 1. The Kier molecular flexibility index (Phi) is 6.73. The van der Waals surface area contributed by atoms with Crippen LogP contribution in [-0.2, 0) is 6.54 Å². The lowest BCUT2D eigenvalue weighted by Gasteiger charge is -2.21. The third kappa shape index (κ3) is 4.78. The molecule has 5 nitrogen and oxygen atoms in total. The van der Waals surface area contributed by atoms with Crippen LogP contribution in [-0.4, -0.2) is 40.9 Å². The minimum Gasteiger partial charge on any atom is -0.354 e. The molecule has 1 amide bonds. The van der Waals surface area contributed by atoms with Gasteiger partial charge < -0.3 is 9.80 Å². The van der Waals surface area contributed by atoms with Crippen molar-refractivity contribution in [3.63, 3.8) is 0 Å². The molecular weight excluding hydrogens is 300 g/mol. The monoisotopic (exact) mass is 326 g/mol. The Labute approximate surface area is 144 Å². The molecule has 0 aliphatic carbocycles. The van der Waals surface area contributed by atoms with Gasteiger partial charge in [-0.2, -0.15) is 0 Å². The van der Waals surface area contributed by atoms with Crippen LogP contribution < -0.4 is 4.90 Å². The highest BCUT2D eigenvalue weighted by atomic mass is 16.2. The predicted octanol–water partition coefficient (Wildman–Crippen LogP) is 3.38. The normalized spacial score (nSPS) is 10.5. The van der Waals surface area contributed by atoms with Crippen LogP contribution in [0.15, 0.2) is 42.7 Å². The molecule has 0 aliphatic heterocycles. The Morgan fingerprint density at radius 1 is 1.00 bits per heavy atom. The lowest BCUT2D eigenvalue weighted by atomic mass is 10.2. The van der Waals surface area contributed by atoms with Crippen LogP contribution in [0.25, 0.3) is 0 Å². The van der Waals surface area contributed by atoms with Gasteiger partial charge in [0, 0.05) is 26.7 Å². The average molecular weight is 326 g/mol. The van der Waals surface area contributed by atoms with Crippen molar-refractivity contribution in [3.8, 4) is 0 Å². The van der Waals surface area contributed by atoms with Gasteiger partial charge in [-0.3, -0.25) is 4.79 Å². The largest absolute Gasteiger partial charge is 0.354 e. The van der Waals surface area contributed by atoms with Gasteiger partial charge in [0.05, 0.1) is 12.4 Å². The van der Waals surface area contributed by atoms with Crippen molar-refractivity contribution in [2.75, 3.05) is 25.0 Å². The highest BCUT2D eigenvalue weighted by Gasteiger charge is 2.16. The number of nitrogens with zero attached hydrogens (tertiary/aromatic N) is 4. The van der Waals surface area contributed by atoms with Crippen LogP contribution in [0.1, 0.15) is 42.7 Å². The highest BCUT2D eigenvalue weighted by Crippen LogP contribution is 2.12. The smallest absolute Gasteiger partial charge is 0.274 e. The summed E-state index contributed by atoms with van der Waals surface area (Å²) in [7, 11) is 1.97. The molecule has 128 valence electrons. The van der Waals surface area contributed by atoms with E-state index in [-0.39, 0.29) is 5.91 Å². The van der Waals surface area contributed by atoms with Crippen LogP contribution in [0.5, 0.6) is 0 Å². The van der Waals surface area contributed by atoms with Gasteiger partial charge in [-0.25, -0.2) is 9.97 Å². The van der Waals surface area contributed by atoms with Crippen LogP contribution in [0.2, 0.25) is 0 Å². The molecule has 2 rings (SSSR count). The van der Waals surface area contributed by atoms with Crippen molar-refractivity contribution in [1.29, 1.82) is 0 Å². The quantitative estimate of drug-likeness (QED) is 0.746. The minimum atomic E-state index is -0.0385. The van der Waals surface area contributed by atoms with Crippen LogP contribution >= 0.6 is 0 Å². The zero-order chi connectivity index (χ0) is 17.4. The minimum absolute atomic E-state index is 0.0385. The summed E-state index contributed by atoms with van der Waals surface area (Å²) in [6.45, 7) is 6.40. The SMILES string of the molecule is CCCN(CCC)C(=O)c1cnc(N(C)Cc2ccccc2)cn1. The summed E-state index contributed by atoms with van der Waals surface area (Å²) >= 11 is 0. The number of amides is 1. The fourth-order valence-electron chi connectivity index (χ4n) is 2.58. The molecule has 0 N–H and O–H groups in total. The van der Waals surface area contributed by atoms with Crippen molar-refractivity contribution in [2.45, 2.75) is 33.2 Å². The van der Waals surface area contributed by atoms with E-state index in [9.17, 15) is 4.79 Å². The Balaban J connectivity index is 2.05. The molecule has 1 aromatic carbocycles. The topological polar surface area (TPSA) is 49.3 Å². The number of benzene rings is 1. The van der Waals surface area contributed by atoms with Gasteiger partial charge in [-0.1, -0.05) is 44.2 Å². The van der Waals surface area contributed by atoms with Gasteiger partial charge in [0.1, 0.15) is 11.5 Å². The molecule has 0 saturated heterocycles. The number of anilines is 1. The number of aromatic nitrogens is 2. The second-order valence-electron chi connectivity index (χ2n) is 5.89. The fourth-order valence-corrected chi connectivity index (χ4v) is 2.58. The summed E-state index contributed by atoms with van der Waals surface area (Å²) in [4.78, 5) is 25.1. The molecule has 0 fully saturated rings. The summed E-state index contributed by atoms with van der Waals surface area (Å²) in [5, 5.41) is 0. The van der Waals surface area contributed by atoms with Crippen LogP contribution in [0.3, 0.4) is 0 Å². The molecule has 0 saturated carbocycles. The van der Waals surface area contributed by atoms with Gasteiger partial charge in [0.2, 0.25) is 0 Å². The standard InChI is InChI=1S/C19H26N4O/c1-4-11-23(12-5-2)19(24)17-13-21-18(14-20-17)22(3)15-16-9-7-6-8-10-16/h6-10,13-14H,4-5,11-12,15H2,1-3H3. The summed E-state index contributed by atoms with van der Waals surface area (Å²) in [6.07, 6.45) is 5.14. The second kappa shape index (κ2) is 9.01. The van der Waals surface area contributed by atoms with Gasteiger partial charge >= 0.3 is 0 Å². The van der Waals surface area contributed by atoms with E-state index in [0.717, 1.165) is 38.3 Å². The van der Waals surface area contributed by atoms with E-state index in [2.05, 4.69) is 35.9 Å². The maximum absolute atomic E-state index is 12.5. The summed E-state index contributed by atoms with van der Waals surface area (Å²) in [5.41, 5.74) is 1.62. The van der Waals surface area contributed by atoms with E-state index in [1.54, 1.807) is 12.4 Å². The Hall–Kier alpha value is -2.43. The third-order valence-corrected chi connectivity index (χ3v) is 3.79. The zero-order valence-electron chi connectivity index (χ0n) is 14.8.